The first kappa shape index (κ1) is 18.2. The Morgan fingerprint density at radius 2 is 2.16 bits per heavy atom. The third kappa shape index (κ3) is 4.67. The van der Waals surface area contributed by atoms with E-state index in [1.807, 2.05) is 0 Å². The summed E-state index contributed by atoms with van der Waals surface area (Å²) >= 11 is 5.85. The van der Waals surface area contributed by atoms with Crippen molar-refractivity contribution in [2.45, 2.75) is 6.42 Å². The second-order valence-electron chi connectivity index (χ2n) is 4.91. The average Bonchev–Trinajstić information content (AvgIpc) is 2.58. The molecule has 9 heteroatoms. The number of hydrogen-bond acceptors (Lipinski definition) is 6. The number of nitro groups is 1. The maximum absolute atomic E-state index is 11.9. The number of carbonyl (C=O) groups is 1. The summed E-state index contributed by atoms with van der Waals surface area (Å²) in [7, 11) is 1.38. The monoisotopic (exact) mass is 363 g/mol. The van der Waals surface area contributed by atoms with Crippen LogP contribution in [0.3, 0.4) is 0 Å². The number of methoxy groups -OCH3 is 1. The molecule has 2 aromatic carbocycles. The lowest BCUT2D eigenvalue weighted by molar-refractivity contribution is -0.385. The zero-order valence-electron chi connectivity index (χ0n) is 13.1. The van der Waals surface area contributed by atoms with Crippen LogP contribution in [0.25, 0.3) is 0 Å². The quantitative estimate of drug-likeness (QED) is 0.465. The Kier molecular flexibility index (Phi) is 5.91. The fourth-order valence-corrected chi connectivity index (χ4v) is 2.27. The van der Waals surface area contributed by atoms with Crippen molar-refractivity contribution in [3.63, 3.8) is 0 Å². The van der Waals surface area contributed by atoms with E-state index in [2.05, 4.69) is 10.5 Å². The topological polar surface area (TPSA) is 114 Å². The van der Waals surface area contributed by atoms with E-state index in [0.29, 0.717) is 5.56 Å². The molecule has 0 saturated heterocycles. The number of nitrogens with zero attached hydrogens (tertiary/aromatic N) is 2. The molecule has 25 heavy (non-hydrogen) atoms. The standard InChI is InChI=1S/C16H14ClN3O5/c1-25-14-7-10(6-12(17)16(14)22)9-18-19-15(21)8-11-4-2-3-5-13(11)20(23)24/h2-7,9,22H,8H2,1H3,(H,19,21). The largest absolute Gasteiger partial charge is 0.503 e. The number of amides is 1. The van der Waals surface area contributed by atoms with E-state index in [0.717, 1.165) is 0 Å². The van der Waals surface area contributed by atoms with Crippen molar-refractivity contribution in [1.82, 2.24) is 5.43 Å². The molecule has 0 aliphatic heterocycles. The average molecular weight is 364 g/mol. The maximum atomic E-state index is 11.9. The highest BCUT2D eigenvalue weighted by molar-refractivity contribution is 6.32. The van der Waals surface area contributed by atoms with Crippen molar-refractivity contribution in [2.75, 3.05) is 7.11 Å². The van der Waals surface area contributed by atoms with Gasteiger partial charge in [-0.1, -0.05) is 29.8 Å². The summed E-state index contributed by atoms with van der Waals surface area (Å²) < 4.78 is 4.96. The molecule has 0 aliphatic carbocycles. The SMILES string of the molecule is COc1cc(C=NNC(=O)Cc2ccccc2[N+](=O)[O-])cc(Cl)c1O. The van der Waals surface area contributed by atoms with Crippen LogP contribution in [0.1, 0.15) is 11.1 Å². The van der Waals surface area contributed by atoms with E-state index in [1.165, 1.54) is 43.7 Å². The molecular formula is C16H14ClN3O5. The molecule has 0 aliphatic rings. The number of halogens is 1. The molecule has 2 N–H and O–H groups in total. The van der Waals surface area contributed by atoms with Crippen LogP contribution in [-0.2, 0) is 11.2 Å². The summed E-state index contributed by atoms with van der Waals surface area (Å²) in [6.45, 7) is 0. The van der Waals surface area contributed by atoms with Gasteiger partial charge in [-0.3, -0.25) is 14.9 Å². The lowest BCUT2D eigenvalue weighted by Gasteiger charge is -2.06. The molecule has 0 atom stereocenters. The highest BCUT2D eigenvalue weighted by Crippen LogP contribution is 2.34. The van der Waals surface area contributed by atoms with Gasteiger partial charge < -0.3 is 9.84 Å². The number of ether oxygens (including phenoxy) is 1. The summed E-state index contributed by atoms with van der Waals surface area (Å²) in [5.41, 5.74) is 2.93. The number of phenolic OH excluding ortho intramolecular Hbond substituents is 1. The molecule has 0 aromatic heterocycles. The Morgan fingerprint density at radius 3 is 2.84 bits per heavy atom. The molecule has 0 bridgehead atoms. The summed E-state index contributed by atoms with van der Waals surface area (Å²) in [6.07, 6.45) is 1.12. The molecule has 0 fully saturated rings. The van der Waals surface area contributed by atoms with Crippen LogP contribution in [0.5, 0.6) is 11.5 Å². The lowest BCUT2D eigenvalue weighted by Crippen LogP contribution is -2.20. The number of hydrogen-bond donors (Lipinski definition) is 2. The zero-order chi connectivity index (χ0) is 18.4. The third-order valence-corrected chi connectivity index (χ3v) is 3.50. The Bertz CT molecular complexity index is 839. The van der Waals surface area contributed by atoms with Gasteiger partial charge in [-0.15, -0.1) is 0 Å². The fraction of sp³-hybridized carbons (Fsp3) is 0.125. The number of nitrogens with one attached hydrogen (secondary N) is 1. The van der Waals surface area contributed by atoms with E-state index in [9.17, 15) is 20.0 Å². The predicted octanol–water partition coefficient (Wildman–Crippen LogP) is 2.66. The van der Waals surface area contributed by atoms with Gasteiger partial charge in [0.25, 0.3) is 5.69 Å². The molecule has 0 unspecified atom stereocenters. The van der Waals surface area contributed by atoms with Crippen LogP contribution in [-0.4, -0.2) is 29.3 Å². The highest BCUT2D eigenvalue weighted by atomic mass is 35.5. The van der Waals surface area contributed by atoms with Gasteiger partial charge in [0, 0.05) is 11.6 Å². The number of hydrazone groups is 1. The Hall–Kier alpha value is -3.13. The van der Waals surface area contributed by atoms with Crippen LogP contribution < -0.4 is 10.2 Å². The second-order valence-corrected chi connectivity index (χ2v) is 5.32. The summed E-state index contributed by atoms with van der Waals surface area (Å²) in [6, 6.07) is 8.90. The predicted molar refractivity (Wildman–Crippen MR) is 92.2 cm³/mol. The minimum Gasteiger partial charge on any atom is -0.503 e. The molecule has 0 radical (unpaired) electrons. The van der Waals surface area contributed by atoms with Crippen molar-refractivity contribution in [1.29, 1.82) is 0 Å². The van der Waals surface area contributed by atoms with Gasteiger partial charge in [-0.05, 0) is 17.7 Å². The van der Waals surface area contributed by atoms with Gasteiger partial charge in [0.15, 0.2) is 11.5 Å². The van der Waals surface area contributed by atoms with Gasteiger partial charge >= 0.3 is 0 Å². The number of para-hydroxylation sites is 1. The maximum Gasteiger partial charge on any atom is 0.273 e. The van der Waals surface area contributed by atoms with Gasteiger partial charge in [0.2, 0.25) is 5.91 Å². The minimum absolute atomic E-state index is 0.0760. The van der Waals surface area contributed by atoms with Crippen molar-refractivity contribution in [3.8, 4) is 11.5 Å². The summed E-state index contributed by atoms with van der Waals surface area (Å²) in [4.78, 5) is 22.3. The Morgan fingerprint density at radius 1 is 1.44 bits per heavy atom. The van der Waals surface area contributed by atoms with Crippen LogP contribution in [0.2, 0.25) is 5.02 Å². The minimum atomic E-state index is -0.545. The fourth-order valence-electron chi connectivity index (χ4n) is 2.05. The van der Waals surface area contributed by atoms with E-state index in [1.54, 1.807) is 6.07 Å². The number of benzene rings is 2. The first-order valence-corrected chi connectivity index (χ1v) is 7.41. The number of carbonyl (C=O) groups excluding carboxylic acids is 1. The van der Waals surface area contributed by atoms with E-state index in [4.69, 9.17) is 16.3 Å². The zero-order valence-corrected chi connectivity index (χ0v) is 13.9. The number of aromatic hydroxyl groups is 1. The molecule has 2 rings (SSSR count). The molecule has 0 saturated carbocycles. The van der Waals surface area contributed by atoms with Gasteiger partial charge in [0.05, 0.1) is 29.7 Å². The van der Waals surface area contributed by atoms with Crippen molar-refractivity contribution >= 4 is 29.4 Å². The Balaban J connectivity index is 2.04. The van der Waals surface area contributed by atoms with Crippen LogP contribution >= 0.6 is 11.6 Å². The number of rotatable bonds is 6. The molecule has 2 aromatic rings. The Labute approximate surface area is 147 Å². The van der Waals surface area contributed by atoms with Crippen LogP contribution in [0, 0.1) is 10.1 Å². The first-order valence-electron chi connectivity index (χ1n) is 7.03. The van der Waals surface area contributed by atoms with Gasteiger partial charge in [-0.2, -0.15) is 5.10 Å². The molecule has 1 amide bonds. The van der Waals surface area contributed by atoms with Crippen LogP contribution in [0.15, 0.2) is 41.5 Å². The van der Waals surface area contributed by atoms with Crippen molar-refractivity contribution < 1.29 is 19.6 Å². The van der Waals surface area contributed by atoms with Gasteiger partial charge in [0.1, 0.15) is 0 Å². The number of nitro benzene ring substituents is 1. The smallest absolute Gasteiger partial charge is 0.273 e. The number of phenols is 1. The molecular weight excluding hydrogens is 350 g/mol. The third-order valence-electron chi connectivity index (χ3n) is 3.21. The summed E-state index contributed by atoms with van der Waals surface area (Å²) in [5, 5.41) is 24.4. The lowest BCUT2D eigenvalue weighted by atomic mass is 10.1. The van der Waals surface area contributed by atoms with E-state index >= 15 is 0 Å². The second kappa shape index (κ2) is 8.11. The van der Waals surface area contributed by atoms with E-state index in [-0.39, 0.29) is 34.2 Å². The normalized spacial score (nSPS) is 10.6. The van der Waals surface area contributed by atoms with Gasteiger partial charge in [-0.25, -0.2) is 5.43 Å². The molecule has 0 heterocycles. The molecule has 130 valence electrons. The van der Waals surface area contributed by atoms with Crippen molar-refractivity contribution in [3.05, 3.63) is 62.7 Å². The van der Waals surface area contributed by atoms with Crippen molar-refractivity contribution in [2.24, 2.45) is 5.10 Å². The first-order chi connectivity index (χ1) is 11.9. The molecule has 0 spiro atoms. The highest BCUT2D eigenvalue weighted by Gasteiger charge is 2.15. The summed E-state index contributed by atoms with van der Waals surface area (Å²) in [5.74, 6) is -0.538. The molecule has 8 nitrogen and oxygen atoms in total. The van der Waals surface area contributed by atoms with Crippen LogP contribution in [0.4, 0.5) is 5.69 Å². The van der Waals surface area contributed by atoms with E-state index < -0.39 is 10.8 Å².